The number of hydrogen-bond donors (Lipinski definition) is 1. The lowest BCUT2D eigenvalue weighted by Gasteiger charge is -2.15. The lowest BCUT2D eigenvalue weighted by Crippen LogP contribution is -2.31. The van der Waals surface area contributed by atoms with Gasteiger partial charge in [0, 0.05) is 18.2 Å². The summed E-state index contributed by atoms with van der Waals surface area (Å²) in [6, 6.07) is 0.493. The van der Waals surface area contributed by atoms with Crippen LogP contribution in [0.25, 0.3) is 0 Å². The number of hydrogen-bond acceptors (Lipinski definition) is 2. The standard InChI is InChI=1S/C10H19NS/c1-5-7-10(11-6-2)8-12-9(3)4/h1,9-11H,6-8H2,2-4H3. The summed E-state index contributed by atoms with van der Waals surface area (Å²) in [6.45, 7) is 7.54. The van der Waals surface area contributed by atoms with Gasteiger partial charge in [0.25, 0.3) is 0 Å². The van der Waals surface area contributed by atoms with Gasteiger partial charge >= 0.3 is 0 Å². The van der Waals surface area contributed by atoms with Crippen molar-refractivity contribution in [2.75, 3.05) is 12.3 Å². The van der Waals surface area contributed by atoms with Crippen molar-refractivity contribution in [1.29, 1.82) is 0 Å². The van der Waals surface area contributed by atoms with Crippen molar-refractivity contribution in [2.45, 2.75) is 38.5 Å². The van der Waals surface area contributed by atoms with E-state index < -0.39 is 0 Å². The summed E-state index contributed by atoms with van der Waals surface area (Å²) in [7, 11) is 0. The summed E-state index contributed by atoms with van der Waals surface area (Å²) in [5, 5.41) is 4.07. The molecule has 0 aromatic carbocycles. The average Bonchev–Trinajstić information content (AvgIpc) is 2.01. The summed E-state index contributed by atoms with van der Waals surface area (Å²) in [6.07, 6.45) is 6.11. The monoisotopic (exact) mass is 185 g/mol. The minimum absolute atomic E-state index is 0.493. The van der Waals surface area contributed by atoms with Crippen molar-refractivity contribution in [3.63, 3.8) is 0 Å². The minimum Gasteiger partial charge on any atom is -0.312 e. The smallest absolute Gasteiger partial charge is 0.0267 e. The molecular weight excluding hydrogens is 166 g/mol. The third-order valence-electron chi connectivity index (χ3n) is 1.49. The Morgan fingerprint density at radius 3 is 2.58 bits per heavy atom. The maximum absolute atomic E-state index is 5.27. The highest BCUT2D eigenvalue weighted by Gasteiger charge is 2.06. The highest BCUT2D eigenvalue weighted by molar-refractivity contribution is 7.99. The van der Waals surface area contributed by atoms with Crippen molar-refractivity contribution in [1.82, 2.24) is 5.32 Å². The highest BCUT2D eigenvalue weighted by atomic mass is 32.2. The van der Waals surface area contributed by atoms with E-state index in [0.717, 1.165) is 18.7 Å². The molecule has 0 rings (SSSR count). The predicted octanol–water partition coefficient (Wildman–Crippen LogP) is 2.13. The van der Waals surface area contributed by atoms with E-state index in [0.29, 0.717) is 11.3 Å². The molecular formula is C10H19NS. The van der Waals surface area contributed by atoms with E-state index in [2.05, 4.69) is 32.0 Å². The van der Waals surface area contributed by atoms with Gasteiger partial charge in [0.15, 0.2) is 0 Å². The summed E-state index contributed by atoms with van der Waals surface area (Å²) < 4.78 is 0. The summed E-state index contributed by atoms with van der Waals surface area (Å²) in [4.78, 5) is 0. The minimum atomic E-state index is 0.493. The van der Waals surface area contributed by atoms with Crippen LogP contribution in [-0.2, 0) is 0 Å². The lowest BCUT2D eigenvalue weighted by atomic mass is 10.2. The molecule has 0 bridgehead atoms. The van der Waals surface area contributed by atoms with E-state index in [4.69, 9.17) is 6.42 Å². The van der Waals surface area contributed by atoms with Gasteiger partial charge in [-0.1, -0.05) is 20.8 Å². The highest BCUT2D eigenvalue weighted by Crippen LogP contribution is 2.11. The van der Waals surface area contributed by atoms with Gasteiger partial charge in [0.2, 0.25) is 0 Å². The molecule has 0 aliphatic rings. The second-order valence-corrected chi connectivity index (χ2v) is 4.65. The van der Waals surface area contributed by atoms with Crippen LogP contribution in [0, 0.1) is 12.3 Å². The number of nitrogens with one attached hydrogen (secondary N) is 1. The van der Waals surface area contributed by atoms with Gasteiger partial charge in [-0.05, 0) is 11.8 Å². The zero-order chi connectivity index (χ0) is 9.40. The maximum atomic E-state index is 5.27. The van der Waals surface area contributed by atoms with Crippen molar-refractivity contribution in [3.05, 3.63) is 0 Å². The molecule has 0 saturated heterocycles. The fourth-order valence-electron chi connectivity index (χ4n) is 0.930. The van der Waals surface area contributed by atoms with Crippen LogP contribution >= 0.6 is 11.8 Å². The maximum Gasteiger partial charge on any atom is 0.0267 e. The van der Waals surface area contributed by atoms with Crippen LogP contribution in [0.1, 0.15) is 27.2 Å². The molecule has 0 aliphatic carbocycles. The molecule has 12 heavy (non-hydrogen) atoms. The molecule has 1 unspecified atom stereocenters. The quantitative estimate of drug-likeness (QED) is 0.636. The Bertz CT molecular complexity index is 137. The second kappa shape index (κ2) is 7.52. The van der Waals surface area contributed by atoms with Crippen molar-refractivity contribution < 1.29 is 0 Å². The van der Waals surface area contributed by atoms with Gasteiger partial charge in [-0.25, -0.2) is 0 Å². The molecule has 1 atom stereocenters. The Hall–Kier alpha value is -0.130. The van der Waals surface area contributed by atoms with Crippen molar-refractivity contribution >= 4 is 11.8 Å². The zero-order valence-corrected chi connectivity index (χ0v) is 9.08. The molecule has 0 aromatic rings. The molecule has 0 fully saturated rings. The number of terminal acetylenes is 1. The zero-order valence-electron chi connectivity index (χ0n) is 8.26. The molecule has 0 amide bonds. The Labute approximate surface area is 80.7 Å². The van der Waals surface area contributed by atoms with Crippen molar-refractivity contribution in [3.8, 4) is 12.3 Å². The predicted molar refractivity (Wildman–Crippen MR) is 58.5 cm³/mol. The molecule has 1 N–H and O–H groups in total. The van der Waals surface area contributed by atoms with E-state index in [1.165, 1.54) is 0 Å². The van der Waals surface area contributed by atoms with Gasteiger partial charge in [-0.3, -0.25) is 0 Å². The first-order valence-corrected chi connectivity index (χ1v) is 5.54. The van der Waals surface area contributed by atoms with Crippen LogP contribution in [0.4, 0.5) is 0 Å². The normalized spacial score (nSPS) is 12.9. The summed E-state index contributed by atoms with van der Waals surface area (Å²) >= 11 is 1.96. The van der Waals surface area contributed by atoms with Gasteiger partial charge < -0.3 is 5.32 Å². The Kier molecular flexibility index (Phi) is 7.43. The first kappa shape index (κ1) is 11.9. The number of rotatable bonds is 6. The fourth-order valence-corrected chi connectivity index (χ4v) is 1.78. The largest absolute Gasteiger partial charge is 0.312 e. The Morgan fingerprint density at radius 2 is 2.17 bits per heavy atom. The molecule has 0 saturated carbocycles. The van der Waals surface area contributed by atoms with Crippen LogP contribution in [0.5, 0.6) is 0 Å². The van der Waals surface area contributed by atoms with Crippen LogP contribution in [0.2, 0.25) is 0 Å². The van der Waals surface area contributed by atoms with E-state index in [1.54, 1.807) is 0 Å². The van der Waals surface area contributed by atoms with Gasteiger partial charge in [-0.2, -0.15) is 11.8 Å². The summed E-state index contributed by atoms with van der Waals surface area (Å²) in [5.74, 6) is 3.82. The van der Waals surface area contributed by atoms with Gasteiger partial charge in [-0.15, -0.1) is 12.3 Å². The average molecular weight is 185 g/mol. The van der Waals surface area contributed by atoms with Crippen molar-refractivity contribution in [2.24, 2.45) is 0 Å². The van der Waals surface area contributed by atoms with E-state index in [-0.39, 0.29) is 0 Å². The topological polar surface area (TPSA) is 12.0 Å². The van der Waals surface area contributed by atoms with Gasteiger partial charge in [0.1, 0.15) is 0 Å². The molecule has 1 nitrogen and oxygen atoms in total. The van der Waals surface area contributed by atoms with E-state index >= 15 is 0 Å². The van der Waals surface area contributed by atoms with Crippen LogP contribution in [0.15, 0.2) is 0 Å². The van der Waals surface area contributed by atoms with Gasteiger partial charge in [0.05, 0.1) is 0 Å². The third kappa shape index (κ3) is 6.57. The molecule has 2 heteroatoms. The SMILES string of the molecule is C#CCC(CSC(C)C)NCC. The molecule has 70 valence electrons. The first-order valence-electron chi connectivity index (χ1n) is 4.49. The van der Waals surface area contributed by atoms with E-state index in [1.807, 2.05) is 11.8 Å². The van der Waals surface area contributed by atoms with E-state index in [9.17, 15) is 0 Å². The van der Waals surface area contributed by atoms with Crippen LogP contribution < -0.4 is 5.32 Å². The fraction of sp³-hybridized carbons (Fsp3) is 0.800. The Morgan fingerprint density at radius 1 is 1.50 bits per heavy atom. The molecule has 0 aromatic heterocycles. The molecule has 0 heterocycles. The Balaban J connectivity index is 3.56. The first-order chi connectivity index (χ1) is 5.70. The van der Waals surface area contributed by atoms with Crippen LogP contribution in [-0.4, -0.2) is 23.6 Å². The number of thioether (sulfide) groups is 1. The molecule has 0 radical (unpaired) electrons. The molecule has 0 spiro atoms. The summed E-state index contributed by atoms with van der Waals surface area (Å²) in [5.41, 5.74) is 0. The third-order valence-corrected chi connectivity index (χ3v) is 2.75. The molecule has 0 aliphatic heterocycles. The second-order valence-electron chi connectivity index (χ2n) is 3.04. The lowest BCUT2D eigenvalue weighted by molar-refractivity contribution is 0.587. The van der Waals surface area contributed by atoms with Crippen LogP contribution in [0.3, 0.4) is 0 Å².